The van der Waals surface area contributed by atoms with E-state index in [0.29, 0.717) is 28.0 Å². The first kappa shape index (κ1) is 18.8. The van der Waals surface area contributed by atoms with E-state index in [1.165, 1.54) is 0 Å². The maximum absolute atomic E-state index is 12.8. The number of nitrogens with zero attached hydrogens (tertiary/aromatic N) is 2. The zero-order valence-electron chi connectivity index (χ0n) is 15.7. The van der Waals surface area contributed by atoms with Crippen molar-refractivity contribution in [1.82, 2.24) is 9.55 Å². The fraction of sp³-hybridized carbons (Fsp3) is 0.0435. The van der Waals surface area contributed by atoms with Crippen LogP contribution in [0.2, 0.25) is 5.02 Å². The lowest BCUT2D eigenvalue weighted by atomic mass is 10.2. The Balaban J connectivity index is 1.77. The highest BCUT2D eigenvalue weighted by Gasteiger charge is 2.17. The van der Waals surface area contributed by atoms with E-state index in [2.05, 4.69) is 10.3 Å². The number of amides is 1. The first-order chi connectivity index (χ1) is 14.1. The first-order valence-corrected chi connectivity index (χ1v) is 9.38. The van der Waals surface area contributed by atoms with Crippen molar-refractivity contribution in [3.05, 3.63) is 95.8 Å². The molecule has 0 radical (unpaired) electrons. The summed E-state index contributed by atoms with van der Waals surface area (Å²) in [5.74, 6) is 1.06. The van der Waals surface area contributed by atoms with Gasteiger partial charge in [0.05, 0.1) is 7.11 Å². The molecule has 0 unspecified atom stereocenters. The Morgan fingerprint density at radius 2 is 1.76 bits per heavy atom. The van der Waals surface area contributed by atoms with Gasteiger partial charge in [0, 0.05) is 28.2 Å². The number of rotatable bonds is 5. The van der Waals surface area contributed by atoms with E-state index in [-0.39, 0.29) is 5.91 Å². The molecule has 0 spiro atoms. The van der Waals surface area contributed by atoms with Crippen LogP contribution in [0.1, 0.15) is 10.5 Å². The Morgan fingerprint density at radius 3 is 2.48 bits per heavy atom. The Hall–Kier alpha value is -3.57. The van der Waals surface area contributed by atoms with Crippen LogP contribution in [0.15, 0.2) is 85.1 Å². The number of carbonyl (C=O) groups is 1. The van der Waals surface area contributed by atoms with Crippen molar-refractivity contribution in [3.8, 4) is 22.8 Å². The molecule has 3 aromatic carbocycles. The van der Waals surface area contributed by atoms with Crippen LogP contribution in [0.4, 0.5) is 5.69 Å². The minimum Gasteiger partial charge on any atom is -0.497 e. The van der Waals surface area contributed by atoms with Crippen molar-refractivity contribution in [2.75, 3.05) is 12.4 Å². The van der Waals surface area contributed by atoms with E-state index in [1.54, 1.807) is 25.4 Å². The molecule has 5 nitrogen and oxygen atoms in total. The van der Waals surface area contributed by atoms with Crippen molar-refractivity contribution in [3.63, 3.8) is 0 Å². The van der Waals surface area contributed by atoms with Crippen LogP contribution in [0.5, 0.6) is 5.75 Å². The third kappa shape index (κ3) is 4.15. The number of anilines is 1. The van der Waals surface area contributed by atoms with Gasteiger partial charge in [0.25, 0.3) is 5.91 Å². The number of benzene rings is 3. The molecule has 0 atom stereocenters. The number of ether oxygens (including phenoxy) is 1. The molecule has 1 aromatic heterocycles. The summed E-state index contributed by atoms with van der Waals surface area (Å²) in [6, 6.07) is 24.2. The largest absolute Gasteiger partial charge is 0.497 e. The molecule has 6 heteroatoms. The van der Waals surface area contributed by atoms with E-state index >= 15 is 0 Å². The highest BCUT2D eigenvalue weighted by atomic mass is 35.5. The van der Waals surface area contributed by atoms with E-state index in [9.17, 15) is 4.79 Å². The third-order valence-electron chi connectivity index (χ3n) is 4.40. The van der Waals surface area contributed by atoms with Crippen LogP contribution in [-0.4, -0.2) is 22.6 Å². The van der Waals surface area contributed by atoms with E-state index in [0.717, 1.165) is 11.3 Å². The lowest BCUT2D eigenvalue weighted by Crippen LogP contribution is -2.12. The maximum Gasteiger partial charge on any atom is 0.275 e. The predicted molar refractivity (Wildman–Crippen MR) is 115 cm³/mol. The second-order valence-corrected chi connectivity index (χ2v) is 6.78. The van der Waals surface area contributed by atoms with E-state index < -0.39 is 0 Å². The molecular weight excluding hydrogens is 386 g/mol. The van der Waals surface area contributed by atoms with Gasteiger partial charge >= 0.3 is 0 Å². The van der Waals surface area contributed by atoms with Crippen LogP contribution in [0, 0.1) is 0 Å². The zero-order valence-corrected chi connectivity index (χ0v) is 16.4. The second-order valence-electron chi connectivity index (χ2n) is 6.35. The zero-order chi connectivity index (χ0) is 20.2. The van der Waals surface area contributed by atoms with Crippen molar-refractivity contribution >= 4 is 23.2 Å². The molecule has 0 aliphatic carbocycles. The van der Waals surface area contributed by atoms with Gasteiger partial charge in [0.2, 0.25) is 0 Å². The molecule has 0 fully saturated rings. The van der Waals surface area contributed by atoms with Crippen molar-refractivity contribution in [2.45, 2.75) is 0 Å². The van der Waals surface area contributed by atoms with Gasteiger partial charge in [0.15, 0.2) is 0 Å². The lowest BCUT2D eigenvalue weighted by Gasteiger charge is -2.09. The molecule has 0 aliphatic heterocycles. The summed E-state index contributed by atoms with van der Waals surface area (Å²) < 4.78 is 7.20. The predicted octanol–water partition coefficient (Wildman–Crippen LogP) is 5.45. The number of hydrogen-bond acceptors (Lipinski definition) is 3. The molecule has 29 heavy (non-hydrogen) atoms. The minimum atomic E-state index is -0.284. The topological polar surface area (TPSA) is 56.1 Å². The third-order valence-corrected chi connectivity index (χ3v) is 4.65. The van der Waals surface area contributed by atoms with Crippen LogP contribution < -0.4 is 10.1 Å². The molecule has 0 aliphatic rings. The quantitative estimate of drug-likeness (QED) is 0.481. The van der Waals surface area contributed by atoms with Gasteiger partial charge in [-0.15, -0.1) is 0 Å². The van der Waals surface area contributed by atoms with Crippen molar-refractivity contribution < 1.29 is 9.53 Å². The summed E-state index contributed by atoms with van der Waals surface area (Å²) in [5.41, 5.74) is 2.69. The standard InChI is InChI=1S/C23H18ClN3O2/c1-29-20-9-5-6-16(14-20)22-26-21(23(28)25-18-7-3-2-4-8-18)15-27(22)19-12-10-17(24)11-13-19/h2-15H,1H3,(H,25,28). The van der Waals surface area contributed by atoms with E-state index in [1.807, 2.05) is 71.3 Å². The molecule has 1 heterocycles. The normalized spacial score (nSPS) is 10.6. The second kappa shape index (κ2) is 8.20. The summed E-state index contributed by atoms with van der Waals surface area (Å²) in [7, 11) is 1.61. The van der Waals surface area contributed by atoms with Crippen LogP contribution in [-0.2, 0) is 0 Å². The summed E-state index contributed by atoms with van der Waals surface area (Å²) in [6.45, 7) is 0. The van der Waals surface area contributed by atoms with Crippen LogP contribution >= 0.6 is 11.6 Å². The van der Waals surface area contributed by atoms with Gasteiger partial charge in [-0.05, 0) is 48.5 Å². The number of aromatic nitrogens is 2. The van der Waals surface area contributed by atoms with Crippen LogP contribution in [0.25, 0.3) is 17.1 Å². The molecule has 4 aromatic rings. The molecule has 1 amide bonds. The average Bonchev–Trinajstić information content (AvgIpc) is 3.21. The summed E-state index contributed by atoms with van der Waals surface area (Å²) in [5, 5.41) is 3.51. The number of hydrogen-bond donors (Lipinski definition) is 1. The number of nitrogens with one attached hydrogen (secondary N) is 1. The highest BCUT2D eigenvalue weighted by molar-refractivity contribution is 6.30. The van der Waals surface area contributed by atoms with Crippen molar-refractivity contribution in [1.29, 1.82) is 0 Å². The fourth-order valence-electron chi connectivity index (χ4n) is 2.97. The summed E-state index contributed by atoms with van der Waals surface area (Å²) >= 11 is 6.04. The molecular formula is C23H18ClN3O2. The monoisotopic (exact) mass is 403 g/mol. The maximum atomic E-state index is 12.8. The SMILES string of the molecule is COc1cccc(-c2nc(C(=O)Nc3ccccc3)cn2-c2ccc(Cl)cc2)c1. The molecule has 4 rings (SSSR count). The smallest absolute Gasteiger partial charge is 0.275 e. The molecule has 0 saturated heterocycles. The van der Waals surface area contributed by atoms with Crippen molar-refractivity contribution in [2.24, 2.45) is 0 Å². The summed E-state index contributed by atoms with van der Waals surface area (Å²) in [4.78, 5) is 17.4. The first-order valence-electron chi connectivity index (χ1n) is 9.00. The average molecular weight is 404 g/mol. The molecule has 0 saturated carbocycles. The molecule has 144 valence electrons. The van der Waals surface area contributed by atoms with Gasteiger partial charge in [0.1, 0.15) is 17.3 Å². The molecule has 1 N–H and O–H groups in total. The Morgan fingerprint density at radius 1 is 1.00 bits per heavy atom. The van der Waals surface area contributed by atoms with Gasteiger partial charge in [-0.2, -0.15) is 0 Å². The van der Waals surface area contributed by atoms with Gasteiger partial charge < -0.3 is 10.1 Å². The Labute approximate surface area is 173 Å². The van der Waals surface area contributed by atoms with Gasteiger partial charge in [-0.3, -0.25) is 9.36 Å². The lowest BCUT2D eigenvalue weighted by molar-refractivity contribution is 0.102. The Bertz CT molecular complexity index is 1140. The van der Waals surface area contributed by atoms with E-state index in [4.69, 9.17) is 16.3 Å². The summed E-state index contributed by atoms with van der Waals surface area (Å²) in [6.07, 6.45) is 1.72. The van der Waals surface area contributed by atoms with Gasteiger partial charge in [-0.25, -0.2) is 4.98 Å². The number of para-hydroxylation sites is 1. The molecule has 0 bridgehead atoms. The van der Waals surface area contributed by atoms with Gasteiger partial charge in [-0.1, -0.05) is 41.9 Å². The number of imidazole rings is 1. The highest BCUT2D eigenvalue weighted by Crippen LogP contribution is 2.27. The number of carbonyl (C=O) groups excluding carboxylic acids is 1. The fourth-order valence-corrected chi connectivity index (χ4v) is 3.10. The minimum absolute atomic E-state index is 0.284. The Kier molecular flexibility index (Phi) is 5.31. The number of halogens is 1. The van der Waals surface area contributed by atoms with Crippen LogP contribution in [0.3, 0.4) is 0 Å². The number of methoxy groups -OCH3 is 1.